The summed E-state index contributed by atoms with van der Waals surface area (Å²) in [6, 6.07) is 7.18. The fourth-order valence-corrected chi connectivity index (χ4v) is 5.47. The van der Waals surface area contributed by atoms with Crippen molar-refractivity contribution in [3.05, 3.63) is 41.5 Å². The summed E-state index contributed by atoms with van der Waals surface area (Å²) in [6.07, 6.45) is 3.32. The van der Waals surface area contributed by atoms with Crippen LogP contribution >= 0.6 is 0 Å². The molecule has 1 heterocycles. The van der Waals surface area contributed by atoms with Gasteiger partial charge >= 0.3 is 0 Å². The van der Waals surface area contributed by atoms with Crippen molar-refractivity contribution in [3.63, 3.8) is 0 Å². The van der Waals surface area contributed by atoms with Gasteiger partial charge in [-0.1, -0.05) is 35.7 Å². The number of sulfone groups is 1. The first-order valence-electron chi connectivity index (χ1n) is 8.71. The van der Waals surface area contributed by atoms with E-state index in [2.05, 4.69) is 15.5 Å². The molecule has 0 aliphatic heterocycles. The number of benzene rings is 1. The van der Waals surface area contributed by atoms with E-state index in [1.165, 1.54) is 0 Å². The molecule has 1 aromatic heterocycles. The summed E-state index contributed by atoms with van der Waals surface area (Å²) < 4.78 is 31.2. The summed E-state index contributed by atoms with van der Waals surface area (Å²) in [5.74, 6) is 0.783. The third-order valence-corrected chi connectivity index (χ3v) is 7.60. The van der Waals surface area contributed by atoms with E-state index in [-0.39, 0.29) is 11.9 Å². The molecule has 1 N–H and O–H groups in total. The minimum absolute atomic E-state index is 0.193. The third kappa shape index (κ3) is 3.22. The summed E-state index contributed by atoms with van der Waals surface area (Å²) in [4.78, 5) is 4.79. The van der Waals surface area contributed by atoms with Gasteiger partial charge in [-0.2, -0.15) is 4.98 Å². The Morgan fingerprint density at radius 3 is 2.48 bits per heavy atom. The summed E-state index contributed by atoms with van der Waals surface area (Å²) in [6.45, 7) is 3.96. The number of hydrogen-bond donors (Lipinski definition) is 1. The smallest absolute Gasteiger partial charge is 0.248 e. The highest BCUT2D eigenvalue weighted by Crippen LogP contribution is 2.47. The predicted molar refractivity (Wildman–Crippen MR) is 95.0 cm³/mol. The Labute approximate surface area is 148 Å². The van der Waals surface area contributed by atoms with Gasteiger partial charge in [-0.15, -0.1) is 0 Å². The second kappa shape index (κ2) is 6.88. The Morgan fingerprint density at radius 1 is 1.24 bits per heavy atom. The van der Waals surface area contributed by atoms with Crippen LogP contribution in [-0.2, 0) is 21.0 Å². The van der Waals surface area contributed by atoms with Crippen LogP contribution < -0.4 is 5.32 Å². The van der Waals surface area contributed by atoms with E-state index in [0.717, 1.165) is 18.4 Å². The van der Waals surface area contributed by atoms with Crippen LogP contribution in [-0.4, -0.2) is 31.6 Å². The van der Waals surface area contributed by atoms with Crippen LogP contribution in [0.3, 0.4) is 0 Å². The zero-order chi connectivity index (χ0) is 18.1. The van der Waals surface area contributed by atoms with E-state index in [4.69, 9.17) is 4.52 Å². The van der Waals surface area contributed by atoms with E-state index in [9.17, 15) is 8.42 Å². The van der Waals surface area contributed by atoms with Crippen LogP contribution in [0.1, 0.15) is 49.9 Å². The maximum Gasteiger partial charge on any atom is 0.248 e. The maximum atomic E-state index is 13.4. The van der Waals surface area contributed by atoms with Crippen molar-refractivity contribution >= 4 is 9.84 Å². The van der Waals surface area contributed by atoms with Crippen LogP contribution in [0, 0.1) is 6.92 Å². The molecule has 3 rings (SSSR count). The largest absolute Gasteiger partial charge is 0.338 e. The standard InChI is InChI=1S/C18H25N3O3S/c1-13-6-8-15(9-7-13)25(22,23)18(10-4-5-11-18)17-20-16(21-24-17)12-14(2)19-3/h6-9,14,19H,4-5,10-12H2,1-3H3. The molecule has 25 heavy (non-hydrogen) atoms. The molecule has 2 aromatic rings. The molecular weight excluding hydrogens is 338 g/mol. The van der Waals surface area contributed by atoms with Gasteiger partial charge in [-0.25, -0.2) is 8.42 Å². The number of aryl methyl sites for hydroxylation is 1. The number of nitrogens with zero attached hydrogens (tertiary/aromatic N) is 2. The molecule has 1 unspecified atom stereocenters. The van der Waals surface area contributed by atoms with Crippen molar-refractivity contribution in [2.45, 2.75) is 61.6 Å². The molecule has 136 valence electrons. The Bertz CT molecular complexity index is 822. The van der Waals surface area contributed by atoms with E-state index >= 15 is 0 Å². The number of likely N-dealkylation sites (N-methyl/N-ethyl adjacent to an activating group) is 1. The SMILES string of the molecule is CNC(C)Cc1noc(C2(S(=O)(=O)c3ccc(C)cc3)CCCC2)n1. The van der Waals surface area contributed by atoms with Crippen molar-refractivity contribution in [1.29, 1.82) is 0 Å². The number of nitrogens with one attached hydrogen (secondary N) is 1. The van der Waals surface area contributed by atoms with Gasteiger partial charge in [0.05, 0.1) is 4.90 Å². The highest BCUT2D eigenvalue weighted by Gasteiger charge is 2.52. The second-order valence-electron chi connectivity index (χ2n) is 6.93. The highest BCUT2D eigenvalue weighted by atomic mass is 32.2. The quantitative estimate of drug-likeness (QED) is 0.849. The minimum atomic E-state index is -3.60. The minimum Gasteiger partial charge on any atom is -0.338 e. The average Bonchev–Trinajstić information content (AvgIpc) is 3.25. The lowest BCUT2D eigenvalue weighted by atomic mass is 10.1. The zero-order valence-electron chi connectivity index (χ0n) is 14.9. The highest BCUT2D eigenvalue weighted by molar-refractivity contribution is 7.92. The molecule has 1 aromatic carbocycles. The lowest BCUT2D eigenvalue weighted by Crippen LogP contribution is -2.33. The Morgan fingerprint density at radius 2 is 1.88 bits per heavy atom. The fourth-order valence-electron chi connectivity index (χ4n) is 3.38. The third-order valence-electron chi connectivity index (χ3n) is 5.10. The van der Waals surface area contributed by atoms with Crippen molar-refractivity contribution in [2.24, 2.45) is 0 Å². The fraction of sp³-hybridized carbons (Fsp3) is 0.556. The molecule has 0 radical (unpaired) electrons. The second-order valence-corrected chi connectivity index (χ2v) is 9.19. The first-order chi connectivity index (χ1) is 11.9. The predicted octanol–water partition coefficient (Wildman–Crippen LogP) is 2.77. The van der Waals surface area contributed by atoms with Gasteiger partial charge < -0.3 is 9.84 Å². The monoisotopic (exact) mass is 363 g/mol. The maximum absolute atomic E-state index is 13.4. The Hall–Kier alpha value is -1.73. The van der Waals surface area contributed by atoms with Gasteiger partial charge in [-0.05, 0) is 45.9 Å². The lowest BCUT2D eigenvalue weighted by Gasteiger charge is -2.24. The number of rotatable bonds is 6. The van der Waals surface area contributed by atoms with Crippen LogP contribution in [0.2, 0.25) is 0 Å². The van der Waals surface area contributed by atoms with Gasteiger partial charge in [0.1, 0.15) is 0 Å². The van der Waals surface area contributed by atoms with E-state index in [0.29, 0.717) is 30.0 Å². The van der Waals surface area contributed by atoms with E-state index < -0.39 is 14.6 Å². The van der Waals surface area contributed by atoms with Crippen molar-refractivity contribution < 1.29 is 12.9 Å². The Balaban J connectivity index is 2.01. The Kier molecular flexibility index (Phi) is 4.97. The number of hydrogen-bond acceptors (Lipinski definition) is 6. The van der Waals surface area contributed by atoms with Crippen molar-refractivity contribution in [2.75, 3.05) is 7.05 Å². The first kappa shape index (κ1) is 18.1. The molecule has 1 fully saturated rings. The van der Waals surface area contributed by atoms with Gasteiger partial charge in [0.25, 0.3) is 0 Å². The zero-order valence-corrected chi connectivity index (χ0v) is 15.8. The van der Waals surface area contributed by atoms with Gasteiger partial charge in [-0.3, -0.25) is 0 Å². The van der Waals surface area contributed by atoms with Crippen LogP contribution in [0.5, 0.6) is 0 Å². The molecule has 0 spiro atoms. The number of aromatic nitrogens is 2. The van der Waals surface area contributed by atoms with Gasteiger partial charge in [0.2, 0.25) is 5.89 Å². The first-order valence-corrected chi connectivity index (χ1v) is 10.2. The molecule has 6 nitrogen and oxygen atoms in total. The molecule has 1 atom stereocenters. The normalized spacial score (nSPS) is 18.4. The van der Waals surface area contributed by atoms with Crippen LogP contribution in [0.15, 0.2) is 33.7 Å². The molecule has 0 amide bonds. The molecule has 7 heteroatoms. The summed E-state index contributed by atoms with van der Waals surface area (Å²) in [7, 11) is -1.74. The average molecular weight is 363 g/mol. The summed E-state index contributed by atoms with van der Waals surface area (Å²) in [5, 5.41) is 7.15. The molecule has 1 saturated carbocycles. The summed E-state index contributed by atoms with van der Waals surface area (Å²) >= 11 is 0. The van der Waals surface area contributed by atoms with Gasteiger partial charge in [0, 0.05) is 12.5 Å². The van der Waals surface area contributed by atoms with Crippen LogP contribution in [0.25, 0.3) is 0 Å². The summed E-state index contributed by atoms with van der Waals surface area (Å²) in [5.41, 5.74) is 1.03. The van der Waals surface area contributed by atoms with E-state index in [1.54, 1.807) is 12.1 Å². The van der Waals surface area contributed by atoms with Crippen LogP contribution in [0.4, 0.5) is 0 Å². The van der Waals surface area contributed by atoms with Crippen molar-refractivity contribution in [1.82, 2.24) is 15.5 Å². The lowest BCUT2D eigenvalue weighted by molar-refractivity contribution is 0.327. The van der Waals surface area contributed by atoms with E-state index in [1.807, 2.05) is 33.0 Å². The molecule has 1 aliphatic carbocycles. The van der Waals surface area contributed by atoms with Crippen molar-refractivity contribution in [3.8, 4) is 0 Å². The molecule has 0 saturated heterocycles. The molecule has 0 bridgehead atoms. The molecular formula is C18H25N3O3S. The van der Waals surface area contributed by atoms with Gasteiger partial charge in [0.15, 0.2) is 20.4 Å². The topological polar surface area (TPSA) is 85.1 Å². The molecule has 1 aliphatic rings.